The van der Waals surface area contributed by atoms with E-state index in [9.17, 15) is 4.79 Å². The van der Waals surface area contributed by atoms with Crippen LogP contribution in [0.2, 0.25) is 0 Å². The number of aromatic nitrogens is 3. The van der Waals surface area contributed by atoms with Crippen LogP contribution in [0.3, 0.4) is 0 Å². The highest BCUT2D eigenvalue weighted by Gasteiger charge is 2.17. The third-order valence-corrected chi connectivity index (χ3v) is 5.29. The molecule has 1 aromatic heterocycles. The van der Waals surface area contributed by atoms with Crippen molar-refractivity contribution in [2.45, 2.75) is 31.7 Å². The molecule has 1 aliphatic rings. The van der Waals surface area contributed by atoms with Crippen molar-refractivity contribution >= 4 is 29.4 Å². The van der Waals surface area contributed by atoms with Crippen LogP contribution in [0.5, 0.6) is 0 Å². The number of amides is 1. The first-order valence-electron chi connectivity index (χ1n) is 12.1. The van der Waals surface area contributed by atoms with Crippen LogP contribution in [0.1, 0.15) is 36.0 Å². The summed E-state index contributed by atoms with van der Waals surface area (Å²) in [4.78, 5) is 25.6. The predicted octanol–water partition coefficient (Wildman–Crippen LogP) is 1.10. The monoisotopic (exact) mass is 488 g/mol. The minimum absolute atomic E-state index is 0.0291. The number of nitrogens with one attached hydrogen (secondary N) is 4. The highest BCUT2D eigenvalue weighted by Crippen LogP contribution is 2.22. The Morgan fingerprint density at radius 1 is 0.943 bits per heavy atom. The van der Waals surface area contributed by atoms with Gasteiger partial charge in [-0.25, -0.2) is 0 Å². The number of aliphatic hydroxyl groups is 1. The Hall–Kier alpha value is -3.06. The minimum Gasteiger partial charge on any atom is -0.395 e. The summed E-state index contributed by atoms with van der Waals surface area (Å²) in [6.07, 6.45) is 4.57. The van der Waals surface area contributed by atoms with Gasteiger partial charge in [-0.1, -0.05) is 12.8 Å². The lowest BCUT2D eigenvalue weighted by Gasteiger charge is -2.14. The lowest BCUT2D eigenvalue weighted by atomic mass is 10.2. The molecule has 0 spiro atoms. The molecule has 1 fully saturated rings. The Bertz CT molecular complexity index is 894. The van der Waals surface area contributed by atoms with Crippen LogP contribution < -0.4 is 27.0 Å². The zero-order chi connectivity index (χ0) is 24.7. The second kappa shape index (κ2) is 15.0. The molecule has 0 saturated heterocycles. The molecular formula is C23H36N8O4. The van der Waals surface area contributed by atoms with Crippen molar-refractivity contribution in [1.82, 2.24) is 20.3 Å². The summed E-state index contributed by atoms with van der Waals surface area (Å²) in [7, 11) is 0. The zero-order valence-corrected chi connectivity index (χ0v) is 20.0. The van der Waals surface area contributed by atoms with Gasteiger partial charge >= 0.3 is 0 Å². The molecule has 2 aromatic rings. The molecule has 0 unspecified atom stereocenters. The number of benzene rings is 1. The molecule has 12 heteroatoms. The molecule has 35 heavy (non-hydrogen) atoms. The number of anilines is 4. The molecule has 192 valence electrons. The average Bonchev–Trinajstić information content (AvgIpc) is 3.37. The number of hydrogen-bond acceptors (Lipinski definition) is 11. The first-order valence-corrected chi connectivity index (χ1v) is 12.1. The third kappa shape index (κ3) is 9.61. The molecule has 0 atom stereocenters. The number of hydrogen-bond donors (Lipinski definition) is 6. The summed E-state index contributed by atoms with van der Waals surface area (Å²) in [6, 6.07) is 7.37. The van der Waals surface area contributed by atoms with Gasteiger partial charge in [-0.05, 0) is 37.1 Å². The third-order valence-electron chi connectivity index (χ3n) is 5.29. The van der Waals surface area contributed by atoms with Crippen molar-refractivity contribution in [3.05, 3.63) is 29.8 Å². The van der Waals surface area contributed by atoms with Crippen molar-refractivity contribution in [3.8, 4) is 0 Å². The molecule has 0 radical (unpaired) electrons. The fraction of sp³-hybridized carbons (Fsp3) is 0.565. The van der Waals surface area contributed by atoms with E-state index >= 15 is 0 Å². The van der Waals surface area contributed by atoms with Crippen LogP contribution in [0.25, 0.3) is 0 Å². The number of ether oxygens (including phenoxy) is 2. The van der Waals surface area contributed by atoms with Gasteiger partial charge in [-0.15, -0.1) is 0 Å². The molecule has 1 heterocycles. The molecule has 0 aliphatic heterocycles. The van der Waals surface area contributed by atoms with Gasteiger partial charge in [-0.2, -0.15) is 15.0 Å². The summed E-state index contributed by atoms with van der Waals surface area (Å²) >= 11 is 0. The number of nitrogens with two attached hydrogens (primary N) is 1. The van der Waals surface area contributed by atoms with Gasteiger partial charge in [0.25, 0.3) is 5.91 Å². The summed E-state index contributed by atoms with van der Waals surface area (Å²) < 4.78 is 10.6. The van der Waals surface area contributed by atoms with E-state index in [2.05, 4.69) is 36.2 Å². The van der Waals surface area contributed by atoms with Crippen molar-refractivity contribution in [2.75, 3.05) is 68.6 Å². The average molecular weight is 489 g/mol. The maximum Gasteiger partial charge on any atom is 0.251 e. The second-order valence-corrected chi connectivity index (χ2v) is 8.05. The fourth-order valence-corrected chi connectivity index (χ4v) is 3.57. The maximum absolute atomic E-state index is 12.3. The summed E-state index contributed by atoms with van der Waals surface area (Å²) in [5.41, 5.74) is 6.61. The van der Waals surface area contributed by atoms with Crippen LogP contribution in [0.15, 0.2) is 24.3 Å². The molecule has 1 aromatic carbocycles. The van der Waals surface area contributed by atoms with E-state index in [-0.39, 0.29) is 12.5 Å². The highest BCUT2D eigenvalue weighted by molar-refractivity contribution is 5.94. The van der Waals surface area contributed by atoms with E-state index in [4.69, 9.17) is 20.3 Å². The fourth-order valence-electron chi connectivity index (χ4n) is 3.57. The van der Waals surface area contributed by atoms with Gasteiger partial charge < -0.3 is 41.6 Å². The smallest absolute Gasteiger partial charge is 0.251 e. The molecule has 1 amide bonds. The topological polar surface area (TPSA) is 169 Å². The molecule has 12 nitrogen and oxygen atoms in total. The van der Waals surface area contributed by atoms with Crippen LogP contribution in [-0.2, 0) is 9.47 Å². The van der Waals surface area contributed by atoms with Crippen molar-refractivity contribution in [2.24, 2.45) is 5.73 Å². The van der Waals surface area contributed by atoms with Gasteiger partial charge in [0.1, 0.15) is 0 Å². The number of nitrogens with zero attached hydrogens (tertiary/aromatic N) is 3. The Morgan fingerprint density at radius 3 is 2.34 bits per heavy atom. The summed E-state index contributed by atoms with van der Waals surface area (Å²) in [5.74, 6) is 1.05. The molecule has 0 bridgehead atoms. The van der Waals surface area contributed by atoms with Gasteiger partial charge in [-0.3, -0.25) is 4.79 Å². The molecule has 7 N–H and O–H groups in total. The lowest BCUT2D eigenvalue weighted by molar-refractivity contribution is 0.0511. The normalized spacial score (nSPS) is 13.5. The van der Waals surface area contributed by atoms with Crippen LogP contribution >= 0.6 is 0 Å². The second-order valence-electron chi connectivity index (χ2n) is 8.05. The quantitative estimate of drug-likeness (QED) is 0.187. The SMILES string of the molecule is NCCOCCOCCNC(=O)c1ccc(Nc2nc(NCCO)nc(NC3CCCC3)n2)cc1. The predicted molar refractivity (Wildman–Crippen MR) is 134 cm³/mol. The number of aliphatic hydroxyl groups excluding tert-OH is 1. The van der Waals surface area contributed by atoms with Crippen molar-refractivity contribution in [1.29, 1.82) is 0 Å². The molecular weight excluding hydrogens is 452 g/mol. The van der Waals surface area contributed by atoms with Crippen LogP contribution in [-0.4, -0.2) is 84.7 Å². The number of carbonyl (C=O) groups is 1. The van der Waals surface area contributed by atoms with Gasteiger partial charge in [0.2, 0.25) is 17.8 Å². The zero-order valence-electron chi connectivity index (χ0n) is 20.0. The van der Waals surface area contributed by atoms with Gasteiger partial charge in [0.05, 0.1) is 33.0 Å². The van der Waals surface area contributed by atoms with Gasteiger partial charge in [0.15, 0.2) is 0 Å². The van der Waals surface area contributed by atoms with E-state index in [1.165, 1.54) is 12.8 Å². The van der Waals surface area contributed by atoms with E-state index < -0.39 is 0 Å². The molecule has 3 rings (SSSR count). The Kier molecular flexibility index (Phi) is 11.4. The first kappa shape index (κ1) is 26.5. The Balaban J connectivity index is 1.50. The largest absolute Gasteiger partial charge is 0.395 e. The molecule has 1 saturated carbocycles. The summed E-state index contributed by atoms with van der Waals surface area (Å²) in [6.45, 7) is 3.06. The van der Waals surface area contributed by atoms with Gasteiger partial charge in [0, 0.05) is 36.9 Å². The number of rotatable bonds is 16. The van der Waals surface area contributed by atoms with E-state index in [0.29, 0.717) is 75.5 Å². The van der Waals surface area contributed by atoms with Crippen molar-refractivity contribution in [3.63, 3.8) is 0 Å². The van der Waals surface area contributed by atoms with E-state index in [0.717, 1.165) is 18.5 Å². The lowest BCUT2D eigenvalue weighted by Crippen LogP contribution is -2.27. The Morgan fingerprint density at radius 2 is 1.63 bits per heavy atom. The van der Waals surface area contributed by atoms with E-state index in [1.807, 2.05) is 0 Å². The van der Waals surface area contributed by atoms with Crippen molar-refractivity contribution < 1.29 is 19.4 Å². The Labute approximate surface area is 205 Å². The standard InChI is InChI=1S/C23H36N8O4/c24-9-13-34-15-16-35-14-11-25-20(33)17-5-7-19(8-6-17)28-23-30-21(26-10-12-32)29-22(31-23)27-18-3-1-2-4-18/h5-8,18,32H,1-4,9-16,24H2,(H,25,33)(H3,26,27,28,29,30,31). The maximum atomic E-state index is 12.3. The van der Waals surface area contributed by atoms with E-state index in [1.54, 1.807) is 24.3 Å². The van der Waals surface area contributed by atoms with Crippen LogP contribution in [0.4, 0.5) is 23.5 Å². The highest BCUT2D eigenvalue weighted by atomic mass is 16.5. The minimum atomic E-state index is -0.182. The first-order chi connectivity index (χ1) is 17.2. The summed E-state index contributed by atoms with van der Waals surface area (Å²) in [5, 5.41) is 21.4. The number of carbonyl (C=O) groups excluding carboxylic acids is 1. The van der Waals surface area contributed by atoms with Crippen LogP contribution in [0, 0.1) is 0 Å². The molecule has 1 aliphatic carbocycles.